The van der Waals surface area contributed by atoms with Crippen LogP contribution in [0.4, 0.5) is 8.78 Å². The smallest absolute Gasteiger partial charge is 0.310 e. The fourth-order valence-electron chi connectivity index (χ4n) is 1.11. The van der Waals surface area contributed by atoms with E-state index in [9.17, 15) is 13.6 Å². The van der Waals surface area contributed by atoms with Gasteiger partial charge < -0.3 is 4.74 Å². The summed E-state index contributed by atoms with van der Waals surface area (Å²) in [5.74, 6) is -1.95. The summed E-state index contributed by atoms with van der Waals surface area (Å²) in [6.07, 6.45) is -0.150. The molecule has 0 N–H and O–H groups in total. The first-order valence-corrected chi connectivity index (χ1v) is 5.13. The zero-order valence-corrected chi connectivity index (χ0v) is 9.61. The maximum absolute atomic E-state index is 13.0. The van der Waals surface area contributed by atoms with Crippen LogP contribution in [0.5, 0.6) is 0 Å². The molecule has 0 heterocycles. The van der Waals surface area contributed by atoms with Gasteiger partial charge in [-0.3, -0.25) is 4.79 Å². The van der Waals surface area contributed by atoms with E-state index in [4.69, 9.17) is 0 Å². The van der Waals surface area contributed by atoms with Crippen LogP contribution < -0.4 is 0 Å². The highest BCUT2D eigenvalue weighted by atomic mass is 79.9. The molecule has 15 heavy (non-hydrogen) atoms. The molecule has 0 fully saturated rings. The van der Waals surface area contributed by atoms with Gasteiger partial charge in [0.05, 0.1) is 17.5 Å². The van der Waals surface area contributed by atoms with E-state index in [-0.39, 0.29) is 23.1 Å². The van der Waals surface area contributed by atoms with Crippen LogP contribution >= 0.6 is 15.9 Å². The van der Waals surface area contributed by atoms with Crippen LogP contribution in [0.3, 0.4) is 0 Å². The molecule has 1 rings (SSSR count). The molecule has 0 aliphatic heterocycles. The molecule has 0 aromatic heterocycles. The molecule has 0 aliphatic rings. The Morgan fingerprint density at radius 1 is 1.47 bits per heavy atom. The monoisotopic (exact) mass is 278 g/mol. The predicted molar refractivity (Wildman–Crippen MR) is 54.4 cm³/mol. The number of hydrogen-bond donors (Lipinski definition) is 0. The normalized spacial score (nSPS) is 10.1. The molecule has 1 aromatic rings. The molecule has 0 amide bonds. The largest absolute Gasteiger partial charge is 0.466 e. The zero-order valence-electron chi connectivity index (χ0n) is 8.02. The highest BCUT2D eigenvalue weighted by Crippen LogP contribution is 2.22. The third kappa shape index (κ3) is 3.27. The minimum atomic E-state index is -0.728. The van der Waals surface area contributed by atoms with Crippen molar-refractivity contribution in [3.63, 3.8) is 0 Å². The Morgan fingerprint density at radius 2 is 2.13 bits per heavy atom. The standard InChI is InChI=1S/C10H9BrF2O2/c1-2-15-9(14)4-6-3-7(12)5-8(13)10(6)11/h3,5H,2,4H2,1H3. The Labute approximate surface area is 94.4 Å². The van der Waals surface area contributed by atoms with Gasteiger partial charge in [0.2, 0.25) is 0 Å². The molecule has 1 aromatic carbocycles. The van der Waals surface area contributed by atoms with Gasteiger partial charge >= 0.3 is 5.97 Å². The molecule has 0 saturated heterocycles. The Kier molecular flexibility index (Phi) is 4.20. The summed E-state index contributed by atoms with van der Waals surface area (Å²) in [5.41, 5.74) is 0.242. The van der Waals surface area contributed by atoms with Crippen LogP contribution in [-0.2, 0) is 16.0 Å². The van der Waals surface area contributed by atoms with Crippen LogP contribution in [0.1, 0.15) is 12.5 Å². The summed E-state index contributed by atoms with van der Waals surface area (Å²) in [7, 11) is 0. The van der Waals surface area contributed by atoms with E-state index in [0.717, 1.165) is 12.1 Å². The van der Waals surface area contributed by atoms with E-state index in [1.807, 2.05) is 0 Å². The highest BCUT2D eigenvalue weighted by Gasteiger charge is 2.12. The molecule has 2 nitrogen and oxygen atoms in total. The fraction of sp³-hybridized carbons (Fsp3) is 0.300. The topological polar surface area (TPSA) is 26.3 Å². The molecule has 0 aliphatic carbocycles. The number of halogens is 3. The van der Waals surface area contributed by atoms with Crippen LogP contribution in [-0.4, -0.2) is 12.6 Å². The van der Waals surface area contributed by atoms with E-state index >= 15 is 0 Å². The molecule has 5 heteroatoms. The van der Waals surface area contributed by atoms with Gasteiger partial charge in [0.25, 0.3) is 0 Å². The summed E-state index contributed by atoms with van der Waals surface area (Å²) >= 11 is 2.94. The summed E-state index contributed by atoms with van der Waals surface area (Å²) in [4.78, 5) is 11.1. The number of esters is 1. The Hall–Kier alpha value is -0.970. The number of benzene rings is 1. The third-order valence-corrected chi connectivity index (χ3v) is 2.60. The molecular formula is C10H9BrF2O2. The molecule has 0 atom stereocenters. The van der Waals surface area contributed by atoms with Crippen LogP contribution in [0, 0.1) is 11.6 Å². The van der Waals surface area contributed by atoms with Gasteiger partial charge in [0, 0.05) is 6.07 Å². The van der Waals surface area contributed by atoms with Crippen molar-refractivity contribution in [1.82, 2.24) is 0 Å². The van der Waals surface area contributed by atoms with Gasteiger partial charge in [0.15, 0.2) is 0 Å². The minimum absolute atomic E-state index is 0.0944. The van der Waals surface area contributed by atoms with Gasteiger partial charge in [-0.1, -0.05) is 0 Å². The molecule has 0 unspecified atom stereocenters. The Morgan fingerprint density at radius 3 is 2.73 bits per heavy atom. The van der Waals surface area contributed by atoms with Crippen molar-refractivity contribution < 1.29 is 18.3 Å². The van der Waals surface area contributed by atoms with Gasteiger partial charge in [0.1, 0.15) is 11.6 Å². The first-order valence-electron chi connectivity index (χ1n) is 4.33. The van der Waals surface area contributed by atoms with Crippen molar-refractivity contribution in [2.75, 3.05) is 6.61 Å². The third-order valence-electron chi connectivity index (χ3n) is 1.71. The van der Waals surface area contributed by atoms with E-state index < -0.39 is 17.6 Å². The second-order valence-electron chi connectivity index (χ2n) is 2.84. The lowest BCUT2D eigenvalue weighted by Crippen LogP contribution is -2.08. The lowest BCUT2D eigenvalue weighted by Gasteiger charge is -2.05. The molecule has 82 valence electrons. The summed E-state index contributed by atoms with van der Waals surface area (Å²) in [6.45, 7) is 1.91. The van der Waals surface area contributed by atoms with E-state index in [1.54, 1.807) is 6.92 Å². The van der Waals surface area contributed by atoms with Crippen molar-refractivity contribution in [3.05, 3.63) is 33.8 Å². The molecule has 0 saturated carbocycles. The fourth-order valence-corrected chi connectivity index (χ4v) is 1.47. The van der Waals surface area contributed by atoms with Crippen molar-refractivity contribution in [2.45, 2.75) is 13.3 Å². The van der Waals surface area contributed by atoms with Crippen molar-refractivity contribution in [2.24, 2.45) is 0 Å². The maximum atomic E-state index is 13.0. The van der Waals surface area contributed by atoms with Crippen LogP contribution in [0.2, 0.25) is 0 Å². The molecular weight excluding hydrogens is 270 g/mol. The zero-order chi connectivity index (χ0) is 11.4. The molecule has 0 spiro atoms. The SMILES string of the molecule is CCOC(=O)Cc1cc(F)cc(F)c1Br. The Bertz CT molecular complexity index is 380. The van der Waals surface area contributed by atoms with Crippen molar-refractivity contribution in [1.29, 1.82) is 0 Å². The second kappa shape index (κ2) is 5.21. The van der Waals surface area contributed by atoms with E-state index in [2.05, 4.69) is 20.7 Å². The Balaban J connectivity index is 2.89. The summed E-state index contributed by atoms with van der Waals surface area (Å²) in [5, 5.41) is 0. The first-order chi connectivity index (χ1) is 7.04. The average Bonchev–Trinajstić information content (AvgIpc) is 2.13. The number of carbonyl (C=O) groups excluding carboxylic acids is 1. The maximum Gasteiger partial charge on any atom is 0.310 e. The van der Waals surface area contributed by atoms with Crippen LogP contribution in [0.15, 0.2) is 16.6 Å². The van der Waals surface area contributed by atoms with E-state index in [1.165, 1.54) is 0 Å². The number of rotatable bonds is 3. The first kappa shape index (κ1) is 12.1. The quantitative estimate of drug-likeness (QED) is 0.628. The number of ether oxygens (including phenoxy) is 1. The number of carbonyl (C=O) groups is 1. The van der Waals surface area contributed by atoms with Gasteiger partial charge in [-0.15, -0.1) is 0 Å². The van der Waals surface area contributed by atoms with Gasteiger partial charge in [-0.2, -0.15) is 0 Å². The van der Waals surface area contributed by atoms with E-state index in [0.29, 0.717) is 0 Å². The minimum Gasteiger partial charge on any atom is -0.466 e. The second-order valence-corrected chi connectivity index (χ2v) is 3.64. The highest BCUT2D eigenvalue weighted by molar-refractivity contribution is 9.10. The number of hydrogen-bond acceptors (Lipinski definition) is 2. The van der Waals surface area contributed by atoms with Crippen molar-refractivity contribution >= 4 is 21.9 Å². The summed E-state index contributed by atoms with van der Waals surface area (Å²) < 4.78 is 30.6. The predicted octanol–water partition coefficient (Wildman–Crippen LogP) is 2.83. The molecule has 0 radical (unpaired) electrons. The lowest BCUT2D eigenvalue weighted by molar-refractivity contribution is -0.142. The molecule has 0 bridgehead atoms. The van der Waals surface area contributed by atoms with Crippen LogP contribution in [0.25, 0.3) is 0 Å². The van der Waals surface area contributed by atoms with Crippen molar-refractivity contribution in [3.8, 4) is 0 Å². The summed E-state index contributed by atoms with van der Waals surface area (Å²) in [6, 6.07) is 1.85. The average molecular weight is 279 g/mol. The lowest BCUT2D eigenvalue weighted by atomic mass is 10.1. The van der Waals surface area contributed by atoms with Gasteiger partial charge in [-0.25, -0.2) is 8.78 Å². The van der Waals surface area contributed by atoms with Gasteiger partial charge in [-0.05, 0) is 34.5 Å².